The second-order valence-corrected chi connectivity index (χ2v) is 5.07. The van der Waals surface area contributed by atoms with Gasteiger partial charge in [-0.15, -0.1) is 0 Å². The summed E-state index contributed by atoms with van der Waals surface area (Å²) >= 11 is 0.204. The Morgan fingerprint density at radius 3 is 2.50 bits per heavy atom. The van der Waals surface area contributed by atoms with Gasteiger partial charge in [-0.3, -0.25) is 0 Å². The van der Waals surface area contributed by atoms with Crippen LogP contribution < -0.4 is 4.46 Å². The molecular formula is C10H12OSe. The summed E-state index contributed by atoms with van der Waals surface area (Å²) in [6.07, 6.45) is -0.384. The summed E-state index contributed by atoms with van der Waals surface area (Å²) in [6.45, 7) is 5.58. The van der Waals surface area contributed by atoms with E-state index in [1.54, 1.807) is 6.92 Å². The van der Waals surface area contributed by atoms with E-state index >= 15 is 0 Å². The van der Waals surface area contributed by atoms with Crippen molar-refractivity contribution in [3.8, 4) is 0 Å². The first-order valence-electron chi connectivity index (χ1n) is 3.80. The fourth-order valence-electron chi connectivity index (χ4n) is 0.725. The molecule has 1 unspecified atom stereocenters. The molecule has 1 aromatic rings. The van der Waals surface area contributed by atoms with Gasteiger partial charge in [0.2, 0.25) is 0 Å². The van der Waals surface area contributed by atoms with Gasteiger partial charge >= 0.3 is 78.9 Å². The Morgan fingerprint density at radius 1 is 1.42 bits per heavy atom. The van der Waals surface area contributed by atoms with E-state index in [0.29, 0.717) is 0 Å². The zero-order chi connectivity index (χ0) is 8.97. The molecule has 0 spiro atoms. The first-order valence-corrected chi connectivity index (χ1v) is 5.51. The average Bonchev–Trinajstić information content (AvgIpc) is 2.06. The van der Waals surface area contributed by atoms with Gasteiger partial charge in [-0.05, 0) is 0 Å². The predicted molar refractivity (Wildman–Crippen MR) is 52.7 cm³/mol. The van der Waals surface area contributed by atoms with Crippen LogP contribution in [0.4, 0.5) is 0 Å². The van der Waals surface area contributed by atoms with Crippen molar-refractivity contribution in [2.24, 2.45) is 0 Å². The van der Waals surface area contributed by atoms with Gasteiger partial charge in [0, 0.05) is 0 Å². The fourth-order valence-corrected chi connectivity index (χ4v) is 2.33. The van der Waals surface area contributed by atoms with Gasteiger partial charge in [0.05, 0.1) is 0 Å². The minimum atomic E-state index is -0.384. The number of aliphatic hydroxyl groups excluding tert-OH is 1. The van der Waals surface area contributed by atoms with E-state index in [2.05, 4.69) is 18.7 Å². The third-order valence-corrected chi connectivity index (χ3v) is 3.79. The summed E-state index contributed by atoms with van der Waals surface area (Å²) in [5.41, 5.74) is 0. The molecule has 1 atom stereocenters. The molecule has 0 aliphatic carbocycles. The van der Waals surface area contributed by atoms with E-state index in [0.717, 1.165) is 4.47 Å². The molecule has 64 valence electrons. The summed E-state index contributed by atoms with van der Waals surface area (Å²) in [6, 6.07) is 10.1. The van der Waals surface area contributed by atoms with Crippen molar-refractivity contribution >= 4 is 19.4 Å². The summed E-state index contributed by atoms with van der Waals surface area (Å²) in [4.78, 5) is 0. The molecule has 0 aliphatic heterocycles. The molecule has 1 rings (SSSR count). The van der Waals surface area contributed by atoms with E-state index in [1.165, 1.54) is 4.46 Å². The van der Waals surface area contributed by atoms with Crippen LogP contribution in [-0.2, 0) is 0 Å². The van der Waals surface area contributed by atoms with Crippen molar-refractivity contribution in [1.29, 1.82) is 0 Å². The molecule has 0 radical (unpaired) electrons. The number of hydrogen-bond acceptors (Lipinski definition) is 1. The molecule has 1 N–H and O–H groups in total. The predicted octanol–water partition coefficient (Wildman–Crippen LogP) is 0.911. The van der Waals surface area contributed by atoms with Crippen LogP contribution in [0.25, 0.3) is 0 Å². The normalized spacial score (nSPS) is 12.5. The number of hydrogen-bond donors (Lipinski definition) is 1. The van der Waals surface area contributed by atoms with E-state index in [4.69, 9.17) is 0 Å². The van der Waals surface area contributed by atoms with Crippen LogP contribution in [0.1, 0.15) is 6.92 Å². The van der Waals surface area contributed by atoms with E-state index in [-0.39, 0.29) is 21.1 Å². The van der Waals surface area contributed by atoms with E-state index in [1.807, 2.05) is 18.2 Å². The van der Waals surface area contributed by atoms with Crippen molar-refractivity contribution in [3.63, 3.8) is 0 Å². The van der Waals surface area contributed by atoms with Crippen LogP contribution in [0, 0.1) is 0 Å². The molecule has 0 aliphatic rings. The maximum absolute atomic E-state index is 9.20. The number of rotatable bonds is 3. The second-order valence-electron chi connectivity index (χ2n) is 2.56. The van der Waals surface area contributed by atoms with Gasteiger partial charge in [-0.25, -0.2) is 0 Å². The Hall–Kier alpha value is -0.561. The third kappa shape index (κ3) is 2.82. The summed E-state index contributed by atoms with van der Waals surface area (Å²) in [5, 5.41) is 9.20. The molecule has 2 heteroatoms. The fraction of sp³-hybridized carbons (Fsp3) is 0.200. The number of aliphatic hydroxyl groups is 1. The van der Waals surface area contributed by atoms with Gasteiger partial charge in [0.1, 0.15) is 0 Å². The first-order chi connectivity index (χ1) is 5.70. The summed E-state index contributed by atoms with van der Waals surface area (Å²) < 4.78 is 2.18. The summed E-state index contributed by atoms with van der Waals surface area (Å²) in [5.74, 6) is 0. The third-order valence-electron chi connectivity index (χ3n) is 1.46. The van der Waals surface area contributed by atoms with Crippen molar-refractivity contribution in [3.05, 3.63) is 41.4 Å². The Balaban J connectivity index is 2.59. The van der Waals surface area contributed by atoms with Gasteiger partial charge < -0.3 is 0 Å². The van der Waals surface area contributed by atoms with Gasteiger partial charge in [-0.2, -0.15) is 0 Å². The van der Waals surface area contributed by atoms with Crippen LogP contribution >= 0.6 is 0 Å². The van der Waals surface area contributed by atoms with Crippen LogP contribution in [0.3, 0.4) is 0 Å². The van der Waals surface area contributed by atoms with Crippen molar-refractivity contribution in [2.45, 2.75) is 13.0 Å². The topological polar surface area (TPSA) is 20.2 Å². The Morgan fingerprint density at radius 2 is 2.00 bits per heavy atom. The monoisotopic (exact) mass is 228 g/mol. The first kappa shape index (κ1) is 9.53. The van der Waals surface area contributed by atoms with Gasteiger partial charge in [-0.1, -0.05) is 0 Å². The Kier molecular flexibility index (Phi) is 3.54. The minimum absolute atomic E-state index is 0.204. The van der Waals surface area contributed by atoms with Crippen LogP contribution in [0.15, 0.2) is 41.4 Å². The molecule has 0 saturated heterocycles. The molecule has 1 nitrogen and oxygen atoms in total. The van der Waals surface area contributed by atoms with Gasteiger partial charge in [0.15, 0.2) is 0 Å². The molecule has 0 aromatic heterocycles. The molecule has 1 aromatic carbocycles. The van der Waals surface area contributed by atoms with Crippen LogP contribution in [0.2, 0.25) is 0 Å². The Labute approximate surface area is 79.3 Å². The number of benzene rings is 1. The van der Waals surface area contributed by atoms with Crippen molar-refractivity contribution < 1.29 is 5.11 Å². The zero-order valence-corrected chi connectivity index (χ0v) is 8.74. The molecule has 0 heterocycles. The quantitative estimate of drug-likeness (QED) is 0.761. The van der Waals surface area contributed by atoms with Crippen molar-refractivity contribution in [1.82, 2.24) is 0 Å². The molecule has 0 bridgehead atoms. The average molecular weight is 227 g/mol. The van der Waals surface area contributed by atoms with Gasteiger partial charge in [0.25, 0.3) is 0 Å². The van der Waals surface area contributed by atoms with Crippen LogP contribution in [-0.4, -0.2) is 26.2 Å². The maximum atomic E-state index is 9.20. The molecule has 12 heavy (non-hydrogen) atoms. The molecule has 0 amide bonds. The van der Waals surface area contributed by atoms with Crippen molar-refractivity contribution in [2.75, 3.05) is 0 Å². The SMILES string of the molecule is C=C([Se]c1ccccc1)C(C)O. The van der Waals surface area contributed by atoms with Crippen LogP contribution in [0.5, 0.6) is 0 Å². The van der Waals surface area contributed by atoms with E-state index in [9.17, 15) is 5.11 Å². The zero-order valence-electron chi connectivity index (χ0n) is 7.03. The molecule has 0 fully saturated rings. The Bertz CT molecular complexity index is 254. The van der Waals surface area contributed by atoms with E-state index < -0.39 is 0 Å². The molecule has 0 saturated carbocycles. The standard InChI is InChI=1S/C10H12OSe/c1-8(11)9(2)12-10-6-4-3-5-7-10/h3-8,11H,2H2,1H3. The summed E-state index contributed by atoms with van der Waals surface area (Å²) in [7, 11) is 0. The second kappa shape index (κ2) is 4.46. The molecular weight excluding hydrogens is 215 g/mol.